The lowest BCUT2D eigenvalue weighted by molar-refractivity contribution is -0.0152. The SMILES string of the molecule is CCO[Si](OCC)(OC(C)(C)C)C(C)(C)C. The van der Waals surface area contributed by atoms with Gasteiger partial charge < -0.3 is 13.3 Å². The van der Waals surface area contributed by atoms with Crippen LogP contribution in [0.1, 0.15) is 55.4 Å². The van der Waals surface area contributed by atoms with E-state index in [1.54, 1.807) is 0 Å². The predicted molar refractivity (Wildman–Crippen MR) is 69.6 cm³/mol. The van der Waals surface area contributed by atoms with Crippen molar-refractivity contribution in [1.82, 2.24) is 0 Å². The molecule has 0 amide bonds. The quantitative estimate of drug-likeness (QED) is 0.696. The zero-order valence-electron chi connectivity index (χ0n) is 12.1. The number of hydrogen-bond acceptors (Lipinski definition) is 3. The fraction of sp³-hybridized carbons (Fsp3) is 1.00. The Balaban J connectivity index is 5.09. The van der Waals surface area contributed by atoms with Crippen molar-refractivity contribution in [3.05, 3.63) is 0 Å². The Kier molecular flexibility index (Phi) is 5.66. The Labute approximate surface area is 102 Å². The van der Waals surface area contributed by atoms with E-state index in [4.69, 9.17) is 13.3 Å². The van der Waals surface area contributed by atoms with Gasteiger partial charge in [0.15, 0.2) is 0 Å². The first-order valence-corrected chi connectivity index (χ1v) is 7.78. The van der Waals surface area contributed by atoms with Gasteiger partial charge in [0.25, 0.3) is 0 Å². The van der Waals surface area contributed by atoms with Crippen LogP contribution in [0.4, 0.5) is 0 Å². The molecule has 4 heteroatoms. The molecule has 98 valence electrons. The highest BCUT2D eigenvalue weighted by Crippen LogP contribution is 2.40. The maximum absolute atomic E-state index is 6.17. The van der Waals surface area contributed by atoms with Gasteiger partial charge in [-0.1, -0.05) is 20.8 Å². The van der Waals surface area contributed by atoms with E-state index < -0.39 is 8.80 Å². The molecule has 0 saturated carbocycles. The van der Waals surface area contributed by atoms with Crippen molar-refractivity contribution in [2.75, 3.05) is 13.2 Å². The van der Waals surface area contributed by atoms with Gasteiger partial charge in [0.2, 0.25) is 0 Å². The van der Waals surface area contributed by atoms with Crippen LogP contribution in [-0.2, 0) is 13.3 Å². The van der Waals surface area contributed by atoms with E-state index in [1.165, 1.54) is 0 Å². The highest BCUT2D eigenvalue weighted by atomic mass is 28.4. The standard InChI is InChI=1S/C12H28O3Si/c1-9-13-16(14-10-2,12(6,7)8)15-11(3,4)5/h9-10H2,1-8H3. The minimum atomic E-state index is -2.63. The molecule has 0 fully saturated rings. The van der Waals surface area contributed by atoms with E-state index in [9.17, 15) is 0 Å². The summed E-state index contributed by atoms with van der Waals surface area (Å²) in [5.74, 6) is 0. The molecular formula is C12H28O3Si. The van der Waals surface area contributed by atoms with E-state index in [2.05, 4.69) is 20.8 Å². The Hall–Kier alpha value is 0.0969. The van der Waals surface area contributed by atoms with Crippen LogP contribution in [0.15, 0.2) is 0 Å². The van der Waals surface area contributed by atoms with Crippen molar-refractivity contribution < 1.29 is 13.3 Å². The third-order valence-corrected chi connectivity index (χ3v) is 6.08. The van der Waals surface area contributed by atoms with Crippen LogP contribution >= 0.6 is 0 Å². The van der Waals surface area contributed by atoms with Crippen molar-refractivity contribution in [3.8, 4) is 0 Å². The Morgan fingerprint density at radius 2 is 1.19 bits per heavy atom. The molecule has 0 saturated heterocycles. The first kappa shape index (κ1) is 16.1. The average molecular weight is 248 g/mol. The first-order chi connectivity index (χ1) is 7.08. The smallest absolute Gasteiger partial charge is 0.373 e. The maximum Gasteiger partial charge on any atom is 0.507 e. The zero-order chi connectivity index (χ0) is 13.0. The lowest BCUT2D eigenvalue weighted by Gasteiger charge is -2.42. The first-order valence-electron chi connectivity index (χ1n) is 6.06. The molecule has 0 rings (SSSR count). The summed E-state index contributed by atoms with van der Waals surface area (Å²) in [6.45, 7) is 17.7. The largest absolute Gasteiger partial charge is 0.507 e. The van der Waals surface area contributed by atoms with Crippen LogP contribution < -0.4 is 0 Å². The van der Waals surface area contributed by atoms with Gasteiger partial charge >= 0.3 is 8.80 Å². The summed E-state index contributed by atoms with van der Waals surface area (Å²) < 4.78 is 18.0. The monoisotopic (exact) mass is 248 g/mol. The molecule has 0 aliphatic heterocycles. The van der Waals surface area contributed by atoms with Gasteiger partial charge in [0, 0.05) is 18.3 Å². The van der Waals surface area contributed by atoms with E-state index in [-0.39, 0.29) is 10.6 Å². The third kappa shape index (κ3) is 4.53. The van der Waals surface area contributed by atoms with Gasteiger partial charge in [-0.25, -0.2) is 0 Å². The summed E-state index contributed by atoms with van der Waals surface area (Å²) in [4.78, 5) is 0. The molecule has 0 aromatic rings. The van der Waals surface area contributed by atoms with Gasteiger partial charge in [0.1, 0.15) is 0 Å². The van der Waals surface area contributed by atoms with Crippen LogP contribution in [0.25, 0.3) is 0 Å². The van der Waals surface area contributed by atoms with Gasteiger partial charge in [-0.2, -0.15) is 0 Å². The number of rotatable bonds is 5. The van der Waals surface area contributed by atoms with Crippen molar-refractivity contribution >= 4 is 8.80 Å². The van der Waals surface area contributed by atoms with Gasteiger partial charge in [-0.05, 0) is 34.6 Å². The molecule has 0 aromatic carbocycles. The molecule has 0 unspecified atom stereocenters. The van der Waals surface area contributed by atoms with Crippen LogP contribution in [0.3, 0.4) is 0 Å². The second kappa shape index (κ2) is 5.62. The molecule has 0 aliphatic rings. The Morgan fingerprint density at radius 1 is 0.812 bits per heavy atom. The second-order valence-electron chi connectivity index (χ2n) is 5.89. The van der Waals surface area contributed by atoms with Crippen LogP contribution in [0.5, 0.6) is 0 Å². The topological polar surface area (TPSA) is 27.7 Å². The zero-order valence-corrected chi connectivity index (χ0v) is 13.1. The average Bonchev–Trinajstić information content (AvgIpc) is 1.99. The summed E-state index contributed by atoms with van der Waals surface area (Å²) in [6, 6.07) is 0. The Morgan fingerprint density at radius 3 is 1.38 bits per heavy atom. The molecule has 0 bridgehead atoms. The lowest BCUT2D eigenvalue weighted by atomic mass is 10.2. The summed E-state index contributed by atoms with van der Waals surface area (Å²) in [5.41, 5.74) is -0.246. The van der Waals surface area contributed by atoms with E-state index >= 15 is 0 Å². The van der Waals surface area contributed by atoms with Crippen molar-refractivity contribution in [2.45, 2.75) is 66.0 Å². The van der Waals surface area contributed by atoms with Crippen molar-refractivity contribution in [2.24, 2.45) is 0 Å². The molecule has 0 radical (unpaired) electrons. The minimum Gasteiger partial charge on any atom is -0.373 e. The molecule has 3 nitrogen and oxygen atoms in total. The van der Waals surface area contributed by atoms with Gasteiger partial charge in [-0.15, -0.1) is 0 Å². The second-order valence-corrected chi connectivity index (χ2v) is 9.28. The van der Waals surface area contributed by atoms with Crippen LogP contribution in [0.2, 0.25) is 5.04 Å². The Bertz CT molecular complexity index is 197. The molecule has 0 N–H and O–H groups in total. The lowest BCUT2D eigenvalue weighted by Crippen LogP contribution is -2.57. The third-order valence-electron chi connectivity index (χ3n) is 2.03. The summed E-state index contributed by atoms with van der Waals surface area (Å²) in [6.07, 6.45) is 0. The summed E-state index contributed by atoms with van der Waals surface area (Å²) in [5, 5.41) is -0.105. The molecule has 0 atom stereocenters. The van der Waals surface area contributed by atoms with Crippen molar-refractivity contribution in [3.63, 3.8) is 0 Å². The van der Waals surface area contributed by atoms with E-state index in [0.29, 0.717) is 13.2 Å². The van der Waals surface area contributed by atoms with Crippen LogP contribution in [0, 0.1) is 0 Å². The summed E-state index contributed by atoms with van der Waals surface area (Å²) >= 11 is 0. The minimum absolute atomic E-state index is 0.105. The molecule has 0 aromatic heterocycles. The fourth-order valence-electron chi connectivity index (χ4n) is 1.47. The molecular weight excluding hydrogens is 220 g/mol. The number of hydrogen-bond donors (Lipinski definition) is 0. The maximum atomic E-state index is 6.17. The molecule has 0 spiro atoms. The molecule has 16 heavy (non-hydrogen) atoms. The summed E-state index contributed by atoms with van der Waals surface area (Å²) in [7, 11) is -2.63. The van der Waals surface area contributed by atoms with Crippen LogP contribution in [-0.4, -0.2) is 27.6 Å². The normalized spacial score (nSPS) is 14.2. The molecule has 0 heterocycles. The highest BCUT2D eigenvalue weighted by Gasteiger charge is 2.54. The van der Waals surface area contributed by atoms with Gasteiger partial charge in [0.05, 0.1) is 5.60 Å². The molecule has 0 aliphatic carbocycles. The fourth-order valence-corrected chi connectivity index (χ4v) is 4.41. The highest BCUT2D eigenvalue weighted by molar-refractivity contribution is 6.64. The van der Waals surface area contributed by atoms with E-state index in [1.807, 2.05) is 34.6 Å². The van der Waals surface area contributed by atoms with E-state index in [0.717, 1.165) is 0 Å². The van der Waals surface area contributed by atoms with Gasteiger partial charge in [-0.3, -0.25) is 0 Å². The van der Waals surface area contributed by atoms with Crippen molar-refractivity contribution in [1.29, 1.82) is 0 Å². The predicted octanol–water partition coefficient (Wildman–Crippen LogP) is 3.61.